The fraction of sp³-hybridized carbons (Fsp3) is 0.333. The van der Waals surface area contributed by atoms with Crippen LogP contribution in [0, 0.1) is 0 Å². The van der Waals surface area contributed by atoms with Crippen LogP contribution in [-0.2, 0) is 25.4 Å². The number of nitrogens with zero attached hydrogens (tertiary/aromatic N) is 4. The molecule has 0 bridgehead atoms. The number of amides is 1. The summed E-state index contributed by atoms with van der Waals surface area (Å²) in [5.74, 6) is -0.425. The van der Waals surface area contributed by atoms with Gasteiger partial charge in [0, 0.05) is 20.6 Å². The second-order valence-corrected chi connectivity index (χ2v) is 4.35. The number of carbonyl (C=O) groups excluding carboxylic acids is 1. The lowest BCUT2D eigenvalue weighted by Crippen LogP contribution is -2.43. The average molecular weight is 277 g/mol. The van der Waals surface area contributed by atoms with Crippen molar-refractivity contribution in [3.05, 3.63) is 39.8 Å². The third-order valence-corrected chi connectivity index (χ3v) is 2.95. The van der Waals surface area contributed by atoms with Crippen LogP contribution in [0.4, 0.5) is 0 Å². The monoisotopic (exact) mass is 277 g/mol. The second-order valence-electron chi connectivity index (χ2n) is 4.35. The van der Waals surface area contributed by atoms with Crippen molar-refractivity contribution in [1.82, 2.24) is 24.0 Å². The van der Waals surface area contributed by atoms with E-state index in [0.717, 1.165) is 4.57 Å². The number of hydrogen-bond acceptors (Lipinski definition) is 4. The number of aryl methyl sites for hydroxylation is 2. The highest BCUT2D eigenvalue weighted by atomic mass is 16.2. The zero-order valence-corrected chi connectivity index (χ0v) is 11.3. The Hall–Kier alpha value is -2.64. The van der Waals surface area contributed by atoms with Crippen LogP contribution in [0.3, 0.4) is 0 Å². The van der Waals surface area contributed by atoms with Gasteiger partial charge in [0.15, 0.2) is 11.2 Å². The van der Waals surface area contributed by atoms with E-state index in [1.165, 1.54) is 28.6 Å². The number of fused-ring (bicyclic) bond motifs is 1. The van der Waals surface area contributed by atoms with Crippen LogP contribution in [0.5, 0.6) is 0 Å². The fourth-order valence-electron chi connectivity index (χ4n) is 1.92. The maximum atomic E-state index is 12.3. The van der Waals surface area contributed by atoms with Gasteiger partial charge in [0.05, 0.1) is 6.33 Å². The lowest BCUT2D eigenvalue weighted by Gasteiger charge is -2.08. The molecule has 2 heterocycles. The molecular weight excluding hydrogens is 262 g/mol. The van der Waals surface area contributed by atoms with Crippen LogP contribution in [0.15, 0.2) is 28.6 Å². The molecular formula is C12H15N5O3. The molecule has 0 unspecified atom stereocenters. The van der Waals surface area contributed by atoms with E-state index in [4.69, 9.17) is 0 Å². The second kappa shape index (κ2) is 5.16. The van der Waals surface area contributed by atoms with Gasteiger partial charge in [-0.3, -0.25) is 14.2 Å². The maximum absolute atomic E-state index is 12.3. The summed E-state index contributed by atoms with van der Waals surface area (Å²) in [5, 5.41) is 2.52. The molecule has 1 amide bonds. The molecule has 20 heavy (non-hydrogen) atoms. The summed E-state index contributed by atoms with van der Waals surface area (Å²) in [6.45, 7) is 3.42. The van der Waals surface area contributed by atoms with E-state index in [9.17, 15) is 14.4 Å². The highest BCUT2D eigenvalue weighted by Crippen LogP contribution is 2.02. The Labute approximate surface area is 114 Å². The molecule has 2 aromatic rings. The zero-order chi connectivity index (χ0) is 14.9. The number of imidazole rings is 1. The first kappa shape index (κ1) is 13.8. The molecule has 1 N–H and O–H groups in total. The van der Waals surface area contributed by atoms with Gasteiger partial charge in [-0.25, -0.2) is 14.3 Å². The summed E-state index contributed by atoms with van der Waals surface area (Å²) in [4.78, 5) is 40.0. The molecule has 0 aromatic carbocycles. The van der Waals surface area contributed by atoms with E-state index >= 15 is 0 Å². The van der Waals surface area contributed by atoms with Crippen molar-refractivity contribution in [2.75, 3.05) is 6.54 Å². The van der Waals surface area contributed by atoms with Crippen molar-refractivity contribution < 1.29 is 4.79 Å². The third-order valence-electron chi connectivity index (χ3n) is 2.95. The molecule has 8 nitrogen and oxygen atoms in total. The van der Waals surface area contributed by atoms with Gasteiger partial charge in [0.25, 0.3) is 5.56 Å². The Morgan fingerprint density at radius 3 is 2.80 bits per heavy atom. The summed E-state index contributed by atoms with van der Waals surface area (Å²) in [5.41, 5.74) is -0.527. The SMILES string of the molecule is C=CCNC(=O)Cn1c(=O)c2c(ncn2C)n(C)c1=O. The molecule has 0 saturated heterocycles. The molecule has 0 aliphatic heterocycles. The molecule has 0 aliphatic rings. The largest absolute Gasteiger partial charge is 0.351 e. The molecule has 2 rings (SSSR count). The van der Waals surface area contributed by atoms with Gasteiger partial charge in [-0.05, 0) is 0 Å². The normalized spacial score (nSPS) is 10.7. The Morgan fingerprint density at radius 2 is 2.15 bits per heavy atom. The maximum Gasteiger partial charge on any atom is 0.332 e. The van der Waals surface area contributed by atoms with Crippen molar-refractivity contribution in [1.29, 1.82) is 0 Å². The van der Waals surface area contributed by atoms with Crippen LogP contribution in [0.25, 0.3) is 11.2 Å². The molecule has 0 spiro atoms. The Kier molecular flexibility index (Phi) is 3.55. The lowest BCUT2D eigenvalue weighted by atomic mass is 10.4. The minimum Gasteiger partial charge on any atom is -0.351 e. The predicted molar refractivity (Wildman–Crippen MR) is 73.4 cm³/mol. The lowest BCUT2D eigenvalue weighted by molar-refractivity contribution is -0.121. The van der Waals surface area contributed by atoms with Crippen LogP contribution in [0.1, 0.15) is 0 Å². The van der Waals surface area contributed by atoms with Crippen LogP contribution in [0.2, 0.25) is 0 Å². The highest BCUT2D eigenvalue weighted by molar-refractivity contribution is 5.76. The summed E-state index contributed by atoms with van der Waals surface area (Å²) < 4.78 is 3.66. The van der Waals surface area contributed by atoms with E-state index in [1.807, 2.05) is 0 Å². The summed E-state index contributed by atoms with van der Waals surface area (Å²) in [7, 11) is 3.17. The van der Waals surface area contributed by atoms with Gasteiger partial charge < -0.3 is 9.88 Å². The fourth-order valence-corrected chi connectivity index (χ4v) is 1.92. The highest BCUT2D eigenvalue weighted by Gasteiger charge is 2.16. The Bertz CT molecular complexity index is 796. The van der Waals surface area contributed by atoms with Crippen LogP contribution < -0.4 is 16.6 Å². The van der Waals surface area contributed by atoms with E-state index in [2.05, 4.69) is 16.9 Å². The first-order valence-corrected chi connectivity index (χ1v) is 5.95. The van der Waals surface area contributed by atoms with Crippen LogP contribution >= 0.6 is 0 Å². The Balaban J connectivity index is 2.56. The number of rotatable bonds is 4. The minimum absolute atomic E-state index is 0.280. The van der Waals surface area contributed by atoms with Crippen molar-refractivity contribution in [3.63, 3.8) is 0 Å². The molecule has 0 fully saturated rings. The molecule has 0 atom stereocenters. The quantitative estimate of drug-likeness (QED) is 0.706. The summed E-state index contributed by atoms with van der Waals surface area (Å²) in [6.07, 6.45) is 2.97. The minimum atomic E-state index is -0.574. The molecule has 2 aromatic heterocycles. The van der Waals surface area contributed by atoms with Crippen molar-refractivity contribution >= 4 is 17.1 Å². The first-order valence-electron chi connectivity index (χ1n) is 5.95. The van der Waals surface area contributed by atoms with Gasteiger partial charge in [-0.2, -0.15) is 0 Å². The first-order chi connectivity index (χ1) is 9.47. The number of nitrogens with one attached hydrogen (secondary N) is 1. The summed E-state index contributed by atoms with van der Waals surface area (Å²) in [6, 6.07) is 0. The smallest absolute Gasteiger partial charge is 0.332 e. The predicted octanol–water partition coefficient (Wildman–Crippen LogP) is -1.26. The van der Waals surface area contributed by atoms with Gasteiger partial charge in [0.2, 0.25) is 5.91 Å². The van der Waals surface area contributed by atoms with Gasteiger partial charge >= 0.3 is 5.69 Å². The van der Waals surface area contributed by atoms with E-state index in [0.29, 0.717) is 5.65 Å². The Morgan fingerprint density at radius 1 is 1.45 bits per heavy atom. The van der Waals surface area contributed by atoms with Gasteiger partial charge in [-0.1, -0.05) is 6.08 Å². The van der Waals surface area contributed by atoms with Crippen molar-refractivity contribution in [3.8, 4) is 0 Å². The van der Waals surface area contributed by atoms with Crippen molar-refractivity contribution in [2.24, 2.45) is 14.1 Å². The number of aromatic nitrogens is 4. The molecule has 0 aliphatic carbocycles. The topological polar surface area (TPSA) is 90.9 Å². The average Bonchev–Trinajstić information content (AvgIpc) is 2.81. The summed E-state index contributed by atoms with van der Waals surface area (Å²) >= 11 is 0. The van der Waals surface area contributed by atoms with Crippen molar-refractivity contribution in [2.45, 2.75) is 6.54 Å². The van der Waals surface area contributed by atoms with Gasteiger partial charge in [-0.15, -0.1) is 6.58 Å². The molecule has 0 radical (unpaired) electrons. The number of carbonyl (C=O) groups is 1. The molecule has 8 heteroatoms. The standard InChI is InChI=1S/C12H15N5O3/c1-4-5-13-8(18)6-17-11(19)9-10(14-7-15(9)2)16(3)12(17)20/h4,7H,1,5-6H2,2-3H3,(H,13,18). The van der Waals surface area contributed by atoms with Gasteiger partial charge in [0.1, 0.15) is 6.54 Å². The zero-order valence-electron chi connectivity index (χ0n) is 11.3. The van der Waals surface area contributed by atoms with E-state index < -0.39 is 17.2 Å². The molecule has 106 valence electrons. The molecule has 0 saturated carbocycles. The van der Waals surface area contributed by atoms with E-state index in [1.54, 1.807) is 7.05 Å². The number of hydrogen-bond donors (Lipinski definition) is 1. The van der Waals surface area contributed by atoms with Crippen LogP contribution in [-0.4, -0.2) is 31.1 Å². The van der Waals surface area contributed by atoms with E-state index in [-0.39, 0.29) is 18.6 Å². The third kappa shape index (κ3) is 2.15.